The molecule has 3 rings (SSSR count). The zero-order chi connectivity index (χ0) is 22.2. The van der Waals surface area contributed by atoms with Crippen molar-refractivity contribution >= 4 is 29.2 Å². The van der Waals surface area contributed by atoms with Crippen molar-refractivity contribution in [2.75, 3.05) is 20.3 Å². The van der Waals surface area contributed by atoms with Crippen molar-refractivity contribution in [1.82, 2.24) is 14.7 Å². The van der Waals surface area contributed by atoms with E-state index in [-0.39, 0.29) is 17.0 Å². The Morgan fingerprint density at radius 2 is 2.06 bits per heavy atom. The van der Waals surface area contributed by atoms with Crippen molar-refractivity contribution in [1.29, 1.82) is 5.26 Å². The molecule has 0 radical (unpaired) electrons. The maximum absolute atomic E-state index is 13.1. The van der Waals surface area contributed by atoms with Gasteiger partial charge >= 0.3 is 0 Å². The minimum absolute atomic E-state index is 0.0257. The number of aromatic nitrogens is 2. The van der Waals surface area contributed by atoms with Gasteiger partial charge in [0.1, 0.15) is 28.6 Å². The number of amides is 1. The Labute approximate surface area is 183 Å². The molecule has 1 aromatic carbocycles. The first-order chi connectivity index (χ1) is 15.0. The maximum atomic E-state index is 13.1. The minimum atomic E-state index is -0.603. The molecular formula is C22H19ClN4O4. The number of carbonyl (C=O) groups excluding carboxylic acids is 1. The number of fused-ring (bicyclic) bond motifs is 1. The lowest BCUT2D eigenvalue weighted by atomic mass is 10.1. The van der Waals surface area contributed by atoms with E-state index in [4.69, 9.17) is 21.1 Å². The van der Waals surface area contributed by atoms with Gasteiger partial charge in [-0.2, -0.15) is 10.2 Å². The second-order valence-corrected chi connectivity index (χ2v) is 6.83. The molecule has 0 aliphatic carbocycles. The van der Waals surface area contributed by atoms with Crippen molar-refractivity contribution in [3.05, 3.63) is 75.2 Å². The monoisotopic (exact) mass is 438 g/mol. The third-order valence-electron chi connectivity index (χ3n) is 4.23. The summed E-state index contributed by atoms with van der Waals surface area (Å²) in [5.41, 5.74) is -0.388. The maximum Gasteiger partial charge on any atom is 0.269 e. The highest BCUT2D eigenvalue weighted by molar-refractivity contribution is 6.30. The Kier molecular flexibility index (Phi) is 7.38. The van der Waals surface area contributed by atoms with E-state index in [0.29, 0.717) is 36.0 Å². The number of nitriles is 1. The summed E-state index contributed by atoms with van der Waals surface area (Å²) >= 11 is 5.91. The largest absolute Gasteiger partial charge is 0.438 e. The lowest BCUT2D eigenvalue weighted by Crippen LogP contribution is -2.27. The summed E-state index contributed by atoms with van der Waals surface area (Å²) in [5.74, 6) is -0.235. The van der Waals surface area contributed by atoms with Gasteiger partial charge in [-0.3, -0.25) is 14.0 Å². The van der Waals surface area contributed by atoms with Gasteiger partial charge in [0.15, 0.2) is 0 Å². The van der Waals surface area contributed by atoms with Crippen LogP contribution in [-0.4, -0.2) is 35.6 Å². The molecule has 0 saturated carbocycles. The molecular weight excluding hydrogens is 420 g/mol. The van der Waals surface area contributed by atoms with Crippen LogP contribution in [-0.2, 0) is 9.53 Å². The number of carbonyl (C=O) groups is 1. The molecule has 1 N–H and O–H groups in total. The minimum Gasteiger partial charge on any atom is -0.438 e. The second kappa shape index (κ2) is 10.4. The number of ether oxygens (including phenoxy) is 2. The Morgan fingerprint density at radius 3 is 2.77 bits per heavy atom. The Balaban J connectivity index is 2.04. The van der Waals surface area contributed by atoms with Crippen LogP contribution in [0.15, 0.2) is 59.0 Å². The lowest BCUT2D eigenvalue weighted by molar-refractivity contribution is -0.117. The fourth-order valence-corrected chi connectivity index (χ4v) is 2.83. The van der Waals surface area contributed by atoms with Crippen LogP contribution in [0.25, 0.3) is 11.7 Å². The summed E-state index contributed by atoms with van der Waals surface area (Å²) in [4.78, 5) is 29.9. The molecule has 2 heterocycles. The first kappa shape index (κ1) is 22.0. The van der Waals surface area contributed by atoms with Gasteiger partial charge in [0.2, 0.25) is 5.88 Å². The zero-order valence-corrected chi connectivity index (χ0v) is 17.4. The number of pyridine rings is 1. The van der Waals surface area contributed by atoms with Gasteiger partial charge in [-0.15, -0.1) is 0 Å². The van der Waals surface area contributed by atoms with Crippen molar-refractivity contribution in [3.63, 3.8) is 0 Å². The van der Waals surface area contributed by atoms with E-state index in [2.05, 4.69) is 10.3 Å². The molecule has 0 fully saturated rings. The summed E-state index contributed by atoms with van der Waals surface area (Å²) in [5, 5.41) is 12.6. The van der Waals surface area contributed by atoms with Gasteiger partial charge in [-0.25, -0.2) is 0 Å². The smallest absolute Gasteiger partial charge is 0.269 e. The van der Waals surface area contributed by atoms with E-state index in [1.807, 2.05) is 6.07 Å². The molecule has 31 heavy (non-hydrogen) atoms. The molecule has 8 nitrogen and oxygen atoms in total. The summed E-state index contributed by atoms with van der Waals surface area (Å²) < 4.78 is 12.1. The van der Waals surface area contributed by atoms with E-state index < -0.39 is 11.5 Å². The average Bonchev–Trinajstić information content (AvgIpc) is 2.78. The number of nitrogens with one attached hydrogen (secondary N) is 1. The quantitative estimate of drug-likeness (QED) is 0.329. The molecule has 0 aliphatic heterocycles. The van der Waals surface area contributed by atoms with Crippen molar-refractivity contribution < 1.29 is 14.3 Å². The predicted molar refractivity (Wildman–Crippen MR) is 116 cm³/mol. The van der Waals surface area contributed by atoms with Gasteiger partial charge in [0, 0.05) is 31.5 Å². The third kappa shape index (κ3) is 5.48. The number of benzene rings is 1. The molecule has 158 valence electrons. The molecule has 0 atom stereocenters. The topological polar surface area (TPSA) is 106 Å². The van der Waals surface area contributed by atoms with Crippen LogP contribution in [0.3, 0.4) is 0 Å². The van der Waals surface area contributed by atoms with Crippen LogP contribution in [0.5, 0.6) is 11.6 Å². The molecule has 2 aromatic heterocycles. The number of hydrogen-bond donors (Lipinski definition) is 1. The normalized spacial score (nSPS) is 11.2. The Morgan fingerprint density at radius 1 is 1.29 bits per heavy atom. The van der Waals surface area contributed by atoms with Crippen LogP contribution in [0.2, 0.25) is 5.02 Å². The standard InChI is InChI=1S/C22H19ClN4O4/c1-30-12-4-10-25-20(28)15(14-24)13-18-21(31-17-8-6-16(23)7-9-17)26-19-5-2-3-11-27(19)22(18)29/h2-3,5-9,11,13H,4,10,12H2,1H3,(H,25,28)/b15-13+. The lowest BCUT2D eigenvalue weighted by Gasteiger charge is -2.10. The third-order valence-corrected chi connectivity index (χ3v) is 4.48. The van der Waals surface area contributed by atoms with Gasteiger partial charge in [0.25, 0.3) is 11.5 Å². The number of nitrogens with zero attached hydrogens (tertiary/aromatic N) is 3. The van der Waals surface area contributed by atoms with Crippen LogP contribution in [0, 0.1) is 11.3 Å². The zero-order valence-electron chi connectivity index (χ0n) is 16.7. The van der Waals surface area contributed by atoms with E-state index in [1.54, 1.807) is 55.8 Å². The van der Waals surface area contributed by atoms with Gasteiger partial charge in [-0.1, -0.05) is 17.7 Å². The Hall–Kier alpha value is -3.67. The van der Waals surface area contributed by atoms with Gasteiger partial charge < -0.3 is 14.8 Å². The number of halogens is 1. The van der Waals surface area contributed by atoms with E-state index in [0.717, 1.165) is 0 Å². The van der Waals surface area contributed by atoms with Gasteiger partial charge in [-0.05, 0) is 48.9 Å². The fraction of sp³-hybridized carbons (Fsp3) is 0.182. The van der Waals surface area contributed by atoms with Crippen molar-refractivity contribution in [2.24, 2.45) is 0 Å². The summed E-state index contributed by atoms with van der Waals surface area (Å²) in [6.07, 6.45) is 3.32. The van der Waals surface area contributed by atoms with E-state index in [1.165, 1.54) is 10.5 Å². The first-order valence-electron chi connectivity index (χ1n) is 9.37. The molecule has 0 spiro atoms. The molecule has 9 heteroatoms. The van der Waals surface area contributed by atoms with E-state index in [9.17, 15) is 14.9 Å². The second-order valence-electron chi connectivity index (χ2n) is 6.39. The molecule has 0 unspecified atom stereocenters. The van der Waals surface area contributed by atoms with E-state index >= 15 is 0 Å². The summed E-state index contributed by atoms with van der Waals surface area (Å²) in [6.45, 7) is 0.801. The SMILES string of the molecule is COCCCNC(=O)/C(C#N)=C/c1c(Oc2ccc(Cl)cc2)nc2ccccn2c1=O. The molecule has 1 amide bonds. The molecule has 0 saturated heterocycles. The first-order valence-corrected chi connectivity index (χ1v) is 9.75. The average molecular weight is 439 g/mol. The van der Waals surface area contributed by atoms with Crippen LogP contribution in [0.1, 0.15) is 12.0 Å². The van der Waals surface area contributed by atoms with Crippen molar-refractivity contribution in [2.45, 2.75) is 6.42 Å². The molecule has 3 aromatic rings. The molecule has 0 bridgehead atoms. The van der Waals surface area contributed by atoms with Crippen LogP contribution >= 0.6 is 11.6 Å². The number of methoxy groups -OCH3 is 1. The molecule has 0 aliphatic rings. The van der Waals surface area contributed by atoms with Crippen LogP contribution < -0.4 is 15.6 Å². The predicted octanol–water partition coefficient (Wildman–Crippen LogP) is 3.20. The highest BCUT2D eigenvalue weighted by Crippen LogP contribution is 2.25. The number of hydrogen-bond acceptors (Lipinski definition) is 6. The Bertz CT molecular complexity index is 1210. The highest BCUT2D eigenvalue weighted by atomic mass is 35.5. The van der Waals surface area contributed by atoms with Gasteiger partial charge in [0.05, 0.1) is 0 Å². The highest BCUT2D eigenvalue weighted by Gasteiger charge is 2.17. The summed E-state index contributed by atoms with van der Waals surface area (Å²) in [6, 6.07) is 13.4. The van der Waals surface area contributed by atoms with Crippen LogP contribution in [0.4, 0.5) is 0 Å². The summed E-state index contributed by atoms with van der Waals surface area (Å²) in [7, 11) is 1.56. The number of rotatable bonds is 8. The van der Waals surface area contributed by atoms with Crippen molar-refractivity contribution in [3.8, 4) is 17.7 Å². The fourth-order valence-electron chi connectivity index (χ4n) is 2.70.